The molecular formula is C16H24F2IN3O. The van der Waals surface area contributed by atoms with Gasteiger partial charge in [0.25, 0.3) is 0 Å². The topological polar surface area (TPSA) is 45.7 Å². The lowest BCUT2D eigenvalue weighted by Gasteiger charge is -2.17. The number of rotatable bonds is 6. The van der Waals surface area contributed by atoms with E-state index in [1.165, 1.54) is 18.2 Å². The van der Waals surface area contributed by atoms with Crippen LogP contribution in [0.1, 0.15) is 31.7 Å². The van der Waals surface area contributed by atoms with Gasteiger partial charge < -0.3 is 15.4 Å². The number of aliphatic imine (C=N–C) groups is 1. The van der Waals surface area contributed by atoms with Crippen molar-refractivity contribution in [2.24, 2.45) is 4.99 Å². The fourth-order valence-electron chi connectivity index (χ4n) is 2.53. The fraction of sp³-hybridized carbons (Fsp3) is 0.562. The first-order valence-corrected chi connectivity index (χ1v) is 7.57. The minimum absolute atomic E-state index is 0. The van der Waals surface area contributed by atoms with Gasteiger partial charge in [0.15, 0.2) is 5.96 Å². The first-order valence-electron chi connectivity index (χ1n) is 7.57. The average molecular weight is 439 g/mol. The third kappa shape index (κ3) is 5.56. The average Bonchev–Trinajstić information content (AvgIpc) is 3.18. The molecule has 1 aromatic carbocycles. The van der Waals surface area contributed by atoms with Crippen molar-refractivity contribution in [2.75, 3.05) is 20.3 Å². The van der Waals surface area contributed by atoms with E-state index in [0.29, 0.717) is 25.5 Å². The maximum absolute atomic E-state index is 13.8. The third-order valence-electron chi connectivity index (χ3n) is 3.60. The molecule has 7 heteroatoms. The van der Waals surface area contributed by atoms with E-state index >= 15 is 0 Å². The molecule has 0 bridgehead atoms. The Morgan fingerprint density at radius 2 is 2.04 bits per heavy atom. The van der Waals surface area contributed by atoms with Gasteiger partial charge >= 0.3 is 0 Å². The van der Waals surface area contributed by atoms with E-state index in [9.17, 15) is 8.78 Å². The van der Waals surface area contributed by atoms with E-state index in [0.717, 1.165) is 0 Å². The summed E-state index contributed by atoms with van der Waals surface area (Å²) in [5.74, 6) is -0.466. The van der Waals surface area contributed by atoms with E-state index in [4.69, 9.17) is 4.74 Å². The summed E-state index contributed by atoms with van der Waals surface area (Å²) < 4.78 is 32.6. The first kappa shape index (κ1) is 20.1. The SMILES string of the molecule is CCN=C(NC(C)COC)NC1CC1c1c(F)cccc1F.I. The molecule has 1 aliphatic rings. The molecule has 0 amide bonds. The van der Waals surface area contributed by atoms with Crippen molar-refractivity contribution < 1.29 is 13.5 Å². The van der Waals surface area contributed by atoms with Crippen molar-refractivity contribution in [3.05, 3.63) is 35.4 Å². The molecule has 1 fully saturated rings. The monoisotopic (exact) mass is 439 g/mol. The number of guanidine groups is 1. The highest BCUT2D eigenvalue weighted by Crippen LogP contribution is 2.43. The summed E-state index contributed by atoms with van der Waals surface area (Å²) in [4.78, 5) is 4.35. The minimum atomic E-state index is -0.482. The molecule has 0 aromatic heterocycles. The van der Waals surface area contributed by atoms with E-state index < -0.39 is 11.6 Å². The molecule has 3 atom stereocenters. The Bertz CT molecular complexity index is 522. The highest BCUT2D eigenvalue weighted by Gasteiger charge is 2.42. The van der Waals surface area contributed by atoms with Crippen LogP contribution in [0.25, 0.3) is 0 Å². The minimum Gasteiger partial charge on any atom is -0.383 e. The van der Waals surface area contributed by atoms with Crippen molar-refractivity contribution >= 4 is 29.9 Å². The lowest BCUT2D eigenvalue weighted by atomic mass is 10.1. The van der Waals surface area contributed by atoms with Gasteiger partial charge in [0, 0.05) is 37.2 Å². The van der Waals surface area contributed by atoms with Gasteiger partial charge in [0.05, 0.1) is 6.61 Å². The van der Waals surface area contributed by atoms with Crippen LogP contribution in [-0.4, -0.2) is 38.3 Å². The Hall–Kier alpha value is -0.960. The lowest BCUT2D eigenvalue weighted by Crippen LogP contribution is -2.45. The van der Waals surface area contributed by atoms with Crippen molar-refractivity contribution in [1.82, 2.24) is 10.6 Å². The van der Waals surface area contributed by atoms with E-state index in [1.54, 1.807) is 7.11 Å². The summed E-state index contributed by atoms with van der Waals surface area (Å²) in [5.41, 5.74) is 0.167. The predicted molar refractivity (Wildman–Crippen MR) is 98.5 cm³/mol. The van der Waals surface area contributed by atoms with E-state index in [1.807, 2.05) is 13.8 Å². The molecule has 0 radical (unpaired) electrons. The van der Waals surface area contributed by atoms with Gasteiger partial charge in [-0.3, -0.25) is 4.99 Å². The number of hydrogen-bond donors (Lipinski definition) is 2. The quantitative estimate of drug-likeness (QED) is 0.407. The molecular weight excluding hydrogens is 415 g/mol. The number of halogens is 3. The standard InChI is InChI=1S/C16H23F2N3O.HI/c1-4-19-16(20-10(2)9-22-3)21-14-8-11(14)15-12(17)6-5-7-13(15)18;/h5-7,10-11,14H,4,8-9H2,1-3H3,(H2,19,20,21);1H. The third-order valence-corrected chi connectivity index (χ3v) is 3.60. The molecule has 0 aliphatic heterocycles. The van der Waals surface area contributed by atoms with Crippen LogP contribution >= 0.6 is 24.0 Å². The maximum atomic E-state index is 13.8. The predicted octanol–water partition coefficient (Wildman–Crippen LogP) is 3.03. The summed E-state index contributed by atoms with van der Waals surface area (Å²) >= 11 is 0. The summed E-state index contributed by atoms with van der Waals surface area (Å²) in [6.45, 7) is 5.10. The van der Waals surface area contributed by atoms with Gasteiger partial charge in [-0.1, -0.05) is 6.07 Å². The second-order valence-corrected chi connectivity index (χ2v) is 5.55. The molecule has 2 N–H and O–H groups in total. The molecule has 0 saturated heterocycles. The molecule has 1 aromatic rings. The zero-order valence-corrected chi connectivity index (χ0v) is 15.9. The Balaban J connectivity index is 0.00000264. The molecule has 1 aliphatic carbocycles. The van der Waals surface area contributed by atoms with Crippen molar-refractivity contribution in [2.45, 2.75) is 38.3 Å². The van der Waals surface area contributed by atoms with Crippen molar-refractivity contribution in [1.29, 1.82) is 0 Å². The number of benzene rings is 1. The Kier molecular flexibility index (Phi) is 8.18. The van der Waals surface area contributed by atoms with Gasteiger partial charge in [-0.05, 0) is 32.4 Å². The van der Waals surface area contributed by atoms with E-state index in [-0.39, 0.29) is 47.5 Å². The zero-order valence-electron chi connectivity index (χ0n) is 13.6. The maximum Gasteiger partial charge on any atom is 0.191 e. The van der Waals surface area contributed by atoms with Gasteiger partial charge in [-0.25, -0.2) is 8.78 Å². The summed E-state index contributed by atoms with van der Waals surface area (Å²) in [7, 11) is 1.64. The summed E-state index contributed by atoms with van der Waals surface area (Å²) in [6, 6.07) is 4.09. The van der Waals surface area contributed by atoms with E-state index in [2.05, 4.69) is 15.6 Å². The Morgan fingerprint density at radius 1 is 1.39 bits per heavy atom. The van der Waals surface area contributed by atoms with Crippen molar-refractivity contribution in [3.8, 4) is 0 Å². The lowest BCUT2D eigenvalue weighted by molar-refractivity contribution is 0.179. The number of ether oxygens (including phenoxy) is 1. The number of methoxy groups -OCH3 is 1. The number of nitrogens with one attached hydrogen (secondary N) is 2. The van der Waals surface area contributed by atoms with Gasteiger partial charge in [-0.2, -0.15) is 0 Å². The first-order chi connectivity index (χ1) is 10.6. The highest BCUT2D eigenvalue weighted by atomic mass is 127. The second kappa shape index (κ2) is 9.36. The summed E-state index contributed by atoms with van der Waals surface area (Å²) in [5, 5.41) is 6.45. The highest BCUT2D eigenvalue weighted by molar-refractivity contribution is 14.0. The van der Waals surface area contributed by atoms with Gasteiger partial charge in [0.1, 0.15) is 11.6 Å². The van der Waals surface area contributed by atoms with Crippen LogP contribution in [0.5, 0.6) is 0 Å². The number of nitrogens with zero attached hydrogens (tertiary/aromatic N) is 1. The van der Waals surface area contributed by atoms with Crippen LogP contribution in [-0.2, 0) is 4.74 Å². The van der Waals surface area contributed by atoms with Gasteiger partial charge in [-0.15, -0.1) is 24.0 Å². The Morgan fingerprint density at radius 3 is 2.61 bits per heavy atom. The molecule has 2 rings (SSSR count). The van der Waals surface area contributed by atoms with Crippen LogP contribution in [0.2, 0.25) is 0 Å². The molecule has 23 heavy (non-hydrogen) atoms. The van der Waals surface area contributed by atoms with Crippen LogP contribution in [0, 0.1) is 11.6 Å². The number of hydrogen-bond acceptors (Lipinski definition) is 2. The summed E-state index contributed by atoms with van der Waals surface area (Å²) in [6.07, 6.45) is 0.695. The van der Waals surface area contributed by atoms with Crippen LogP contribution in [0.15, 0.2) is 23.2 Å². The molecule has 3 unspecified atom stereocenters. The molecule has 4 nitrogen and oxygen atoms in total. The van der Waals surface area contributed by atoms with Crippen LogP contribution in [0.3, 0.4) is 0 Å². The van der Waals surface area contributed by atoms with Crippen LogP contribution in [0.4, 0.5) is 8.78 Å². The second-order valence-electron chi connectivity index (χ2n) is 5.55. The molecule has 130 valence electrons. The molecule has 0 spiro atoms. The normalized spacial score (nSPS) is 21.3. The van der Waals surface area contributed by atoms with Crippen LogP contribution < -0.4 is 10.6 Å². The molecule has 1 saturated carbocycles. The zero-order chi connectivity index (χ0) is 16.1. The van der Waals surface area contributed by atoms with Crippen molar-refractivity contribution in [3.63, 3.8) is 0 Å². The Labute approximate surface area is 153 Å². The smallest absolute Gasteiger partial charge is 0.191 e. The molecule has 0 heterocycles. The van der Waals surface area contributed by atoms with Gasteiger partial charge in [0.2, 0.25) is 0 Å². The fourth-order valence-corrected chi connectivity index (χ4v) is 2.53. The largest absolute Gasteiger partial charge is 0.383 e.